The number of hydrogen-bond donors (Lipinski definition) is 3. The zero-order chi connectivity index (χ0) is 20.5. The van der Waals surface area contributed by atoms with Crippen molar-refractivity contribution in [3.63, 3.8) is 0 Å². The van der Waals surface area contributed by atoms with Crippen LogP contribution in [0.15, 0.2) is 84.0 Å². The number of rotatable bonds is 8. The molecule has 150 valence electrons. The third-order valence-electron chi connectivity index (χ3n) is 4.14. The molecule has 0 aliphatic rings. The van der Waals surface area contributed by atoms with Gasteiger partial charge in [0.25, 0.3) is 0 Å². The van der Waals surface area contributed by atoms with Crippen molar-refractivity contribution in [1.29, 1.82) is 0 Å². The van der Waals surface area contributed by atoms with E-state index in [0.717, 1.165) is 11.1 Å². The summed E-state index contributed by atoms with van der Waals surface area (Å²) in [5.41, 5.74) is 2.32. The number of sulfonamides is 1. The summed E-state index contributed by atoms with van der Waals surface area (Å²) < 4.78 is 28.0. The van der Waals surface area contributed by atoms with Crippen LogP contribution in [0, 0.1) is 0 Å². The Balaban J connectivity index is 1.53. The summed E-state index contributed by atoms with van der Waals surface area (Å²) in [6.07, 6.45) is 3.32. The second kappa shape index (κ2) is 9.81. The van der Waals surface area contributed by atoms with Crippen LogP contribution in [0.25, 0.3) is 11.1 Å². The number of carbonyl (C=O) groups is 1. The van der Waals surface area contributed by atoms with Gasteiger partial charge >= 0.3 is 6.03 Å². The number of hydrogen-bond acceptors (Lipinski definition) is 4. The van der Waals surface area contributed by atoms with Crippen molar-refractivity contribution >= 4 is 16.1 Å². The Hall–Kier alpha value is -3.23. The molecular weight excluding hydrogens is 388 g/mol. The van der Waals surface area contributed by atoms with Gasteiger partial charge < -0.3 is 10.6 Å². The van der Waals surface area contributed by atoms with Crippen molar-refractivity contribution < 1.29 is 13.2 Å². The van der Waals surface area contributed by atoms with E-state index in [0.29, 0.717) is 12.1 Å². The summed E-state index contributed by atoms with van der Waals surface area (Å²) >= 11 is 0. The SMILES string of the molecule is O=C(NCCNS(=O)(=O)c1ccccc1-c1ccccc1)NCc1cccnc1. The Kier molecular flexibility index (Phi) is 6.94. The van der Waals surface area contributed by atoms with Crippen LogP contribution in [0.4, 0.5) is 4.79 Å². The Labute approximate surface area is 170 Å². The largest absolute Gasteiger partial charge is 0.337 e. The number of aromatic nitrogens is 1. The zero-order valence-electron chi connectivity index (χ0n) is 15.7. The summed E-state index contributed by atoms with van der Waals surface area (Å²) in [5.74, 6) is 0. The molecule has 0 atom stereocenters. The maximum Gasteiger partial charge on any atom is 0.315 e. The molecule has 0 saturated heterocycles. The fraction of sp³-hybridized carbons (Fsp3) is 0.143. The summed E-state index contributed by atoms with van der Waals surface area (Å²) in [4.78, 5) is 16.0. The highest BCUT2D eigenvalue weighted by Gasteiger charge is 2.18. The Morgan fingerprint density at radius 2 is 1.62 bits per heavy atom. The molecule has 0 unspecified atom stereocenters. The Bertz CT molecular complexity index is 1040. The van der Waals surface area contributed by atoms with Crippen molar-refractivity contribution in [2.24, 2.45) is 0 Å². The highest BCUT2D eigenvalue weighted by atomic mass is 32.2. The molecule has 0 aliphatic heterocycles. The van der Waals surface area contributed by atoms with Crippen LogP contribution >= 0.6 is 0 Å². The van der Waals surface area contributed by atoms with Crippen LogP contribution in [0.1, 0.15) is 5.56 Å². The first kappa shape index (κ1) is 20.5. The number of urea groups is 1. The average Bonchev–Trinajstić information content (AvgIpc) is 2.77. The van der Waals surface area contributed by atoms with E-state index < -0.39 is 10.0 Å². The monoisotopic (exact) mass is 410 g/mol. The topological polar surface area (TPSA) is 100 Å². The summed E-state index contributed by atoms with van der Waals surface area (Å²) in [6.45, 7) is 0.577. The van der Waals surface area contributed by atoms with Gasteiger partial charge in [-0.15, -0.1) is 0 Å². The lowest BCUT2D eigenvalue weighted by Crippen LogP contribution is -2.40. The Morgan fingerprint density at radius 1 is 0.862 bits per heavy atom. The normalized spacial score (nSPS) is 11.0. The second-order valence-corrected chi connectivity index (χ2v) is 7.97. The van der Waals surface area contributed by atoms with Crippen molar-refractivity contribution in [2.45, 2.75) is 11.4 Å². The number of carbonyl (C=O) groups excluding carboxylic acids is 1. The number of amides is 2. The van der Waals surface area contributed by atoms with Crippen LogP contribution < -0.4 is 15.4 Å². The lowest BCUT2D eigenvalue weighted by atomic mass is 10.1. The van der Waals surface area contributed by atoms with Crippen LogP contribution in [0.2, 0.25) is 0 Å². The average molecular weight is 410 g/mol. The van der Waals surface area contributed by atoms with Gasteiger partial charge in [0.2, 0.25) is 10.0 Å². The molecule has 29 heavy (non-hydrogen) atoms. The molecule has 2 amide bonds. The van der Waals surface area contributed by atoms with Crippen LogP contribution in [0.5, 0.6) is 0 Å². The molecule has 1 heterocycles. The summed E-state index contributed by atoms with van der Waals surface area (Å²) in [6, 6.07) is 19.4. The van der Waals surface area contributed by atoms with Crippen molar-refractivity contribution in [2.75, 3.05) is 13.1 Å². The van der Waals surface area contributed by atoms with E-state index in [1.165, 1.54) is 0 Å². The second-order valence-electron chi connectivity index (χ2n) is 6.23. The fourth-order valence-corrected chi connectivity index (χ4v) is 4.00. The number of benzene rings is 2. The minimum absolute atomic E-state index is 0.0752. The number of pyridine rings is 1. The van der Waals surface area contributed by atoms with Gasteiger partial charge in [0, 0.05) is 37.6 Å². The standard InChI is InChI=1S/C21H22N4O3S/c26-21(24-16-17-7-6-12-22-15-17)23-13-14-25-29(27,28)20-11-5-4-10-19(20)18-8-2-1-3-9-18/h1-12,15,25H,13-14,16H2,(H2,23,24,26). The zero-order valence-corrected chi connectivity index (χ0v) is 16.5. The summed E-state index contributed by atoms with van der Waals surface area (Å²) in [7, 11) is -3.72. The van der Waals surface area contributed by atoms with Crippen molar-refractivity contribution in [3.8, 4) is 11.1 Å². The molecule has 0 spiro atoms. The Morgan fingerprint density at radius 3 is 2.38 bits per heavy atom. The van der Waals surface area contributed by atoms with Gasteiger partial charge in [0.1, 0.15) is 0 Å². The molecule has 0 aliphatic carbocycles. The van der Waals surface area contributed by atoms with E-state index in [4.69, 9.17) is 0 Å². The predicted octanol–water partition coefficient (Wildman–Crippen LogP) is 2.53. The van der Waals surface area contributed by atoms with E-state index in [9.17, 15) is 13.2 Å². The molecule has 0 radical (unpaired) electrons. The molecule has 3 rings (SSSR count). The van der Waals surface area contributed by atoms with Crippen molar-refractivity contribution in [1.82, 2.24) is 20.3 Å². The van der Waals surface area contributed by atoms with E-state index >= 15 is 0 Å². The van der Waals surface area contributed by atoms with Crippen LogP contribution in [0.3, 0.4) is 0 Å². The van der Waals surface area contributed by atoms with E-state index in [2.05, 4.69) is 20.3 Å². The van der Waals surface area contributed by atoms with Gasteiger partial charge in [-0.25, -0.2) is 17.9 Å². The third kappa shape index (κ3) is 5.87. The third-order valence-corrected chi connectivity index (χ3v) is 5.66. The van der Waals surface area contributed by atoms with E-state index in [-0.39, 0.29) is 24.0 Å². The lowest BCUT2D eigenvalue weighted by molar-refractivity contribution is 0.240. The molecule has 7 nitrogen and oxygen atoms in total. The highest BCUT2D eigenvalue weighted by Crippen LogP contribution is 2.26. The van der Waals surface area contributed by atoms with Crippen LogP contribution in [-0.4, -0.2) is 32.5 Å². The minimum Gasteiger partial charge on any atom is -0.337 e. The lowest BCUT2D eigenvalue weighted by Gasteiger charge is -2.12. The van der Waals surface area contributed by atoms with E-state index in [1.807, 2.05) is 36.4 Å². The molecule has 2 aromatic carbocycles. The van der Waals surface area contributed by atoms with Gasteiger partial charge in [-0.2, -0.15) is 0 Å². The first-order valence-corrected chi connectivity index (χ1v) is 10.6. The van der Waals surface area contributed by atoms with Gasteiger partial charge in [-0.05, 0) is 23.3 Å². The molecule has 3 N–H and O–H groups in total. The molecule has 1 aromatic heterocycles. The highest BCUT2D eigenvalue weighted by molar-refractivity contribution is 7.89. The van der Waals surface area contributed by atoms with Gasteiger partial charge in [-0.3, -0.25) is 4.98 Å². The van der Waals surface area contributed by atoms with Gasteiger partial charge in [0.05, 0.1) is 4.90 Å². The summed E-state index contributed by atoms with van der Waals surface area (Å²) in [5, 5.41) is 5.32. The number of nitrogens with zero attached hydrogens (tertiary/aromatic N) is 1. The first-order valence-electron chi connectivity index (χ1n) is 9.11. The maximum atomic E-state index is 12.7. The molecule has 0 fully saturated rings. The molecule has 8 heteroatoms. The molecule has 0 bridgehead atoms. The molecule has 3 aromatic rings. The predicted molar refractivity (Wildman–Crippen MR) is 112 cm³/mol. The fourth-order valence-electron chi connectivity index (χ4n) is 2.74. The molecule has 0 saturated carbocycles. The van der Waals surface area contributed by atoms with Crippen LogP contribution in [-0.2, 0) is 16.6 Å². The first-order chi connectivity index (χ1) is 14.1. The molecular formula is C21H22N4O3S. The van der Waals surface area contributed by atoms with Gasteiger partial charge in [0.15, 0.2) is 0 Å². The van der Waals surface area contributed by atoms with E-state index in [1.54, 1.807) is 42.7 Å². The quantitative estimate of drug-likeness (QED) is 0.497. The van der Waals surface area contributed by atoms with Gasteiger partial charge in [-0.1, -0.05) is 54.6 Å². The number of nitrogens with one attached hydrogen (secondary N) is 3. The van der Waals surface area contributed by atoms with Crippen molar-refractivity contribution in [3.05, 3.63) is 84.7 Å². The smallest absolute Gasteiger partial charge is 0.315 e. The minimum atomic E-state index is -3.72. The maximum absolute atomic E-state index is 12.7.